The second-order valence-corrected chi connectivity index (χ2v) is 4.62. The van der Waals surface area contributed by atoms with Crippen molar-refractivity contribution < 1.29 is 18.0 Å². The number of anilines is 1. The number of carbonyl (C=O) groups excluding carboxylic acids is 1. The highest BCUT2D eigenvalue weighted by atomic mass is 19.4. The maximum Gasteiger partial charge on any atom is 0.416 e. The molecule has 0 bridgehead atoms. The first-order valence-electron chi connectivity index (χ1n) is 6.68. The predicted molar refractivity (Wildman–Crippen MR) is 81.1 cm³/mol. The number of amides is 1. The molecule has 1 amide bonds. The average molecular weight is 356 g/mol. The Morgan fingerprint density at radius 3 is 2.52 bits per heavy atom. The Labute approximate surface area is 137 Å². The van der Waals surface area contributed by atoms with Gasteiger partial charge in [-0.05, 0) is 17.7 Å². The van der Waals surface area contributed by atoms with Crippen LogP contribution in [0.4, 0.5) is 19.0 Å². The van der Waals surface area contributed by atoms with Gasteiger partial charge in [-0.1, -0.05) is 12.1 Å². The van der Waals surface area contributed by atoms with E-state index in [9.17, 15) is 27.6 Å². The van der Waals surface area contributed by atoms with Gasteiger partial charge in [-0.2, -0.15) is 18.3 Å². The quantitative estimate of drug-likeness (QED) is 0.444. The lowest BCUT2D eigenvalue weighted by molar-refractivity contribution is -0.137. The normalized spacial score (nSPS) is 11.5. The van der Waals surface area contributed by atoms with Crippen LogP contribution in [0.15, 0.2) is 39.0 Å². The topological polar surface area (TPSA) is 132 Å². The van der Waals surface area contributed by atoms with Gasteiger partial charge in [-0.15, -0.1) is 5.10 Å². The SMILES string of the molecule is O=C(CNc1n[nH]c(=O)[nH]c1=O)N/N=C/c1ccc(C(F)(F)F)cc1. The van der Waals surface area contributed by atoms with Gasteiger partial charge in [0.2, 0.25) is 5.82 Å². The molecule has 12 heteroatoms. The number of halogens is 3. The van der Waals surface area contributed by atoms with E-state index in [1.54, 1.807) is 0 Å². The summed E-state index contributed by atoms with van der Waals surface area (Å²) in [6, 6.07) is 4.17. The first-order chi connectivity index (χ1) is 11.8. The average Bonchev–Trinajstić information content (AvgIpc) is 2.53. The molecule has 0 saturated heterocycles. The minimum Gasteiger partial charge on any atom is -0.355 e. The van der Waals surface area contributed by atoms with Crippen molar-refractivity contribution in [2.24, 2.45) is 5.10 Å². The lowest BCUT2D eigenvalue weighted by atomic mass is 10.1. The van der Waals surface area contributed by atoms with Crippen molar-refractivity contribution in [1.29, 1.82) is 0 Å². The summed E-state index contributed by atoms with van der Waals surface area (Å²) in [5.74, 6) is -0.906. The number of aromatic nitrogens is 3. The third-order valence-corrected chi connectivity index (χ3v) is 2.77. The lowest BCUT2D eigenvalue weighted by Crippen LogP contribution is -2.31. The van der Waals surface area contributed by atoms with Gasteiger partial charge in [0, 0.05) is 0 Å². The number of aromatic amines is 2. The molecule has 0 fully saturated rings. The van der Waals surface area contributed by atoms with Crippen LogP contribution in [0.2, 0.25) is 0 Å². The van der Waals surface area contributed by atoms with Gasteiger partial charge in [0.1, 0.15) is 0 Å². The minimum atomic E-state index is -4.43. The van der Waals surface area contributed by atoms with Gasteiger partial charge >= 0.3 is 11.9 Å². The van der Waals surface area contributed by atoms with E-state index in [1.165, 1.54) is 12.1 Å². The van der Waals surface area contributed by atoms with E-state index >= 15 is 0 Å². The van der Waals surface area contributed by atoms with E-state index < -0.39 is 28.9 Å². The number of hydrogen-bond acceptors (Lipinski definition) is 6. The van der Waals surface area contributed by atoms with Gasteiger partial charge < -0.3 is 5.32 Å². The van der Waals surface area contributed by atoms with E-state index in [0.29, 0.717) is 5.56 Å². The Morgan fingerprint density at radius 1 is 1.24 bits per heavy atom. The molecule has 0 aliphatic rings. The molecular weight excluding hydrogens is 345 g/mol. The second kappa shape index (κ2) is 7.42. The highest BCUT2D eigenvalue weighted by Gasteiger charge is 2.29. The molecule has 2 rings (SSSR count). The summed E-state index contributed by atoms with van der Waals surface area (Å²) in [6.07, 6.45) is -3.27. The van der Waals surface area contributed by atoms with E-state index in [-0.39, 0.29) is 12.4 Å². The molecule has 0 atom stereocenters. The fourth-order valence-electron chi connectivity index (χ4n) is 1.61. The highest BCUT2D eigenvalue weighted by molar-refractivity contribution is 5.84. The number of H-pyrrole nitrogens is 2. The number of benzene rings is 1. The third kappa shape index (κ3) is 5.30. The Bertz CT molecular complexity index is 885. The molecule has 0 radical (unpaired) electrons. The number of hydrogen-bond donors (Lipinski definition) is 4. The molecule has 1 heterocycles. The van der Waals surface area contributed by atoms with Crippen molar-refractivity contribution in [1.82, 2.24) is 20.6 Å². The zero-order valence-corrected chi connectivity index (χ0v) is 12.3. The van der Waals surface area contributed by atoms with Crippen molar-refractivity contribution in [3.8, 4) is 0 Å². The van der Waals surface area contributed by atoms with Crippen LogP contribution in [-0.4, -0.2) is 33.8 Å². The summed E-state index contributed by atoms with van der Waals surface area (Å²) in [7, 11) is 0. The first-order valence-corrected chi connectivity index (χ1v) is 6.68. The summed E-state index contributed by atoms with van der Waals surface area (Å²) in [5.41, 5.74) is 0.0715. The van der Waals surface area contributed by atoms with Gasteiger partial charge in [0.05, 0.1) is 18.3 Å². The Balaban J connectivity index is 1.86. The molecule has 1 aromatic heterocycles. The molecular formula is C13H11F3N6O3. The standard InChI is InChI=1S/C13H11F3N6O3/c14-13(15,16)8-3-1-7(2-4-8)5-18-20-9(23)6-17-10-11(24)19-12(25)22-21-10/h1-5H,6H2,(H,17,21)(H,20,23)(H2,19,22,24,25)/b18-5+. The van der Waals surface area contributed by atoms with Crippen LogP contribution >= 0.6 is 0 Å². The largest absolute Gasteiger partial charge is 0.416 e. The minimum absolute atomic E-state index is 0.263. The lowest BCUT2D eigenvalue weighted by Gasteiger charge is -2.05. The maximum atomic E-state index is 12.4. The number of nitrogens with one attached hydrogen (secondary N) is 4. The van der Waals surface area contributed by atoms with Crippen LogP contribution in [0, 0.1) is 0 Å². The zero-order valence-electron chi connectivity index (χ0n) is 12.3. The molecule has 0 aliphatic carbocycles. The Kier molecular flexibility index (Phi) is 5.31. The number of hydrazone groups is 1. The van der Waals surface area contributed by atoms with Gasteiger partial charge in [0.25, 0.3) is 11.5 Å². The summed E-state index contributed by atoms with van der Waals surface area (Å²) in [4.78, 5) is 35.5. The van der Waals surface area contributed by atoms with Gasteiger partial charge in [0.15, 0.2) is 0 Å². The summed E-state index contributed by atoms with van der Waals surface area (Å²) in [5, 5.41) is 11.3. The van der Waals surface area contributed by atoms with Crippen molar-refractivity contribution in [3.05, 3.63) is 56.2 Å². The van der Waals surface area contributed by atoms with Crippen molar-refractivity contribution in [2.75, 3.05) is 11.9 Å². The molecule has 0 spiro atoms. The van der Waals surface area contributed by atoms with Crippen molar-refractivity contribution in [2.45, 2.75) is 6.18 Å². The molecule has 0 saturated carbocycles. The Morgan fingerprint density at radius 2 is 1.92 bits per heavy atom. The van der Waals surface area contributed by atoms with Crippen LogP contribution in [0.3, 0.4) is 0 Å². The molecule has 1 aromatic carbocycles. The second-order valence-electron chi connectivity index (χ2n) is 4.62. The summed E-state index contributed by atoms with van der Waals surface area (Å²) < 4.78 is 37.2. The monoisotopic (exact) mass is 356 g/mol. The van der Waals surface area contributed by atoms with E-state index in [2.05, 4.69) is 20.9 Å². The maximum absolute atomic E-state index is 12.4. The van der Waals surface area contributed by atoms with Crippen LogP contribution < -0.4 is 22.0 Å². The smallest absolute Gasteiger partial charge is 0.355 e. The number of alkyl halides is 3. The van der Waals surface area contributed by atoms with E-state index in [0.717, 1.165) is 18.3 Å². The van der Waals surface area contributed by atoms with E-state index in [1.807, 2.05) is 10.1 Å². The molecule has 2 aromatic rings. The van der Waals surface area contributed by atoms with Crippen molar-refractivity contribution >= 4 is 17.9 Å². The summed E-state index contributed by atoms with van der Waals surface area (Å²) in [6.45, 7) is -0.369. The van der Waals surface area contributed by atoms with E-state index in [4.69, 9.17) is 0 Å². The number of rotatable bonds is 5. The highest BCUT2D eigenvalue weighted by Crippen LogP contribution is 2.28. The summed E-state index contributed by atoms with van der Waals surface area (Å²) >= 11 is 0. The van der Waals surface area contributed by atoms with Gasteiger partial charge in [-0.3, -0.25) is 14.6 Å². The number of nitrogens with zero attached hydrogens (tertiary/aromatic N) is 2. The fourth-order valence-corrected chi connectivity index (χ4v) is 1.61. The first kappa shape index (κ1) is 17.9. The number of carbonyl (C=O) groups is 1. The van der Waals surface area contributed by atoms with Gasteiger partial charge in [-0.25, -0.2) is 15.3 Å². The zero-order chi connectivity index (χ0) is 18.4. The van der Waals surface area contributed by atoms with Crippen LogP contribution in [-0.2, 0) is 11.0 Å². The molecule has 25 heavy (non-hydrogen) atoms. The predicted octanol–water partition coefficient (Wildman–Crippen LogP) is 0.0392. The molecule has 0 aliphatic heterocycles. The van der Waals surface area contributed by atoms with Crippen LogP contribution in [0.1, 0.15) is 11.1 Å². The van der Waals surface area contributed by atoms with Crippen molar-refractivity contribution in [3.63, 3.8) is 0 Å². The third-order valence-electron chi connectivity index (χ3n) is 2.77. The molecule has 4 N–H and O–H groups in total. The molecule has 0 unspecified atom stereocenters. The molecule has 132 valence electrons. The molecule has 9 nitrogen and oxygen atoms in total. The van der Waals surface area contributed by atoms with Crippen LogP contribution in [0.25, 0.3) is 0 Å². The Hall–Kier alpha value is -3.44. The fraction of sp³-hybridized carbons (Fsp3) is 0.154. The van der Waals surface area contributed by atoms with Crippen LogP contribution in [0.5, 0.6) is 0 Å².